The van der Waals surface area contributed by atoms with Gasteiger partial charge in [-0.15, -0.1) is 0 Å². The number of hydrogen-bond acceptors (Lipinski definition) is 5. The molecule has 0 bridgehead atoms. The van der Waals surface area contributed by atoms with E-state index in [0.717, 1.165) is 36.1 Å². The van der Waals surface area contributed by atoms with E-state index in [1.165, 1.54) is 10.9 Å². The zero-order valence-electron chi connectivity index (χ0n) is 13.5. The van der Waals surface area contributed by atoms with E-state index in [4.69, 9.17) is 0 Å². The molecule has 0 atom stereocenters. The number of alkyl halides is 3. The van der Waals surface area contributed by atoms with Crippen LogP contribution in [0.15, 0.2) is 39.9 Å². The minimum absolute atomic E-state index is 0.0374. The molecule has 9 heteroatoms. The van der Waals surface area contributed by atoms with Gasteiger partial charge in [0.15, 0.2) is 0 Å². The summed E-state index contributed by atoms with van der Waals surface area (Å²) in [5, 5.41) is 3.35. The molecule has 0 amide bonds. The number of halogens is 3. The van der Waals surface area contributed by atoms with Gasteiger partial charge in [0, 0.05) is 11.1 Å². The maximum absolute atomic E-state index is 12.5. The van der Waals surface area contributed by atoms with Gasteiger partial charge in [0.2, 0.25) is 5.82 Å². The molecule has 0 fully saturated rings. The minimum atomic E-state index is -4.67. The quantitative estimate of drug-likeness (QED) is 0.716. The molecule has 1 aromatic carbocycles. The van der Waals surface area contributed by atoms with Crippen LogP contribution < -0.4 is 5.56 Å². The number of rotatable bonds is 3. The molecule has 0 spiro atoms. The van der Waals surface area contributed by atoms with E-state index in [1.807, 2.05) is 0 Å². The fourth-order valence-corrected chi connectivity index (χ4v) is 2.99. The van der Waals surface area contributed by atoms with Gasteiger partial charge in [-0.25, -0.2) is 4.98 Å². The molecular weight excluding hydrogens is 349 g/mol. The van der Waals surface area contributed by atoms with E-state index in [9.17, 15) is 18.0 Å². The topological polar surface area (TPSA) is 73.8 Å². The largest absolute Gasteiger partial charge is 0.471 e. The summed E-state index contributed by atoms with van der Waals surface area (Å²) < 4.78 is 43.3. The van der Waals surface area contributed by atoms with Gasteiger partial charge in [-0.3, -0.25) is 9.36 Å². The van der Waals surface area contributed by atoms with Crippen molar-refractivity contribution >= 4 is 0 Å². The number of aromatic nitrogens is 4. The molecule has 1 aliphatic carbocycles. The van der Waals surface area contributed by atoms with Crippen LogP contribution in [0.1, 0.15) is 29.1 Å². The smallest absolute Gasteiger partial charge is 0.329 e. The van der Waals surface area contributed by atoms with Crippen molar-refractivity contribution < 1.29 is 17.7 Å². The van der Waals surface area contributed by atoms with Crippen LogP contribution in [0.25, 0.3) is 11.4 Å². The van der Waals surface area contributed by atoms with Crippen LogP contribution in [0.4, 0.5) is 13.2 Å². The number of nitrogens with zero attached hydrogens (tertiary/aromatic N) is 4. The summed E-state index contributed by atoms with van der Waals surface area (Å²) in [6.45, 7) is 0.333. The lowest BCUT2D eigenvalue weighted by Gasteiger charge is -2.08. The predicted octanol–water partition coefficient (Wildman–Crippen LogP) is 2.85. The fourth-order valence-electron chi connectivity index (χ4n) is 2.99. The third kappa shape index (κ3) is 3.00. The highest BCUT2D eigenvalue weighted by atomic mass is 19.4. The lowest BCUT2D eigenvalue weighted by atomic mass is 10.1. The monoisotopic (exact) mass is 362 g/mol. The zero-order chi connectivity index (χ0) is 18.3. The molecule has 3 aromatic rings. The van der Waals surface area contributed by atoms with Crippen LogP contribution in [0, 0.1) is 0 Å². The van der Waals surface area contributed by atoms with Crippen molar-refractivity contribution in [1.82, 2.24) is 19.7 Å². The Morgan fingerprint density at radius 2 is 1.92 bits per heavy atom. The Bertz CT molecular complexity index is 1010. The van der Waals surface area contributed by atoms with Crippen molar-refractivity contribution in [2.45, 2.75) is 32.0 Å². The summed E-state index contributed by atoms with van der Waals surface area (Å²) >= 11 is 0. The van der Waals surface area contributed by atoms with E-state index >= 15 is 0 Å². The second-order valence-electron chi connectivity index (χ2n) is 6.07. The number of fused-ring (bicyclic) bond motifs is 1. The van der Waals surface area contributed by atoms with Crippen molar-refractivity contribution in [1.29, 1.82) is 0 Å². The molecule has 0 unspecified atom stereocenters. The third-order valence-electron chi connectivity index (χ3n) is 4.29. The summed E-state index contributed by atoms with van der Waals surface area (Å²) in [6, 6.07) is 6.59. The van der Waals surface area contributed by atoms with Crippen LogP contribution >= 0.6 is 0 Å². The van der Waals surface area contributed by atoms with Crippen molar-refractivity contribution in [3.05, 3.63) is 63.7 Å². The molecule has 26 heavy (non-hydrogen) atoms. The molecular formula is C17H13F3N4O2. The van der Waals surface area contributed by atoms with Crippen molar-refractivity contribution in [2.24, 2.45) is 0 Å². The molecule has 0 N–H and O–H groups in total. The van der Waals surface area contributed by atoms with Gasteiger partial charge in [0.25, 0.3) is 5.56 Å². The average molecular weight is 362 g/mol. The molecule has 0 saturated carbocycles. The molecule has 6 nitrogen and oxygen atoms in total. The lowest BCUT2D eigenvalue weighted by Crippen LogP contribution is -2.24. The molecule has 1 aliphatic rings. The van der Waals surface area contributed by atoms with Gasteiger partial charge >= 0.3 is 12.1 Å². The van der Waals surface area contributed by atoms with E-state index in [1.54, 1.807) is 24.3 Å². The summed E-state index contributed by atoms with van der Waals surface area (Å²) in [4.78, 5) is 20.1. The van der Waals surface area contributed by atoms with Gasteiger partial charge in [-0.05, 0) is 24.8 Å². The third-order valence-corrected chi connectivity index (χ3v) is 4.29. The van der Waals surface area contributed by atoms with Crippen LogP contribution in [0.3, 0.4) is 0 Å². The number of aryl methyl sites for hydroxylation is 1. The van der Waals surface area contributed by atoms with E-state index < -0.39 is 12.1 Å². The van der Waals surface area contributed by atoms with Gasteiger partial charge in [0.05, 0.1) is 18.6 Å². The Hall–Kier alpha value is -2.97. The van der Waals surface area contributed by atoms with Crippen molar-refractivity contribution in [2.75, 3.05) is 0 Å². The summed E-state index contributed by atoms with van der Waals surface area (Å²) in [6.07, 6.45) is -0.603. The van der Waals surface area contributed by atoms with Gasteiger partial charge in [-0.2, -0.15) is 18.2 Å². The fraction of sp³-hybridized carbons (Fsp3) is 0.294. The first-order chi connectivity index (χ1) is 12.4. The van der Waals surface area contributed by atoms with E-state index in [2.05, 4.69) is 19.6 Å². The molecule has 2 aromatic heterocycles. The Labute approximate surface area is 145 Å². The molecule has 4 rings (SSSR count). The maximum atomic E-state index is 12.5. The molecule has 2 heterocycles. The zero-order valence-corrected chi connectivity index (χ0v) is 13.5. The van der Waals surface area contributed by atoms with E-state index in [0.29, 0.717) is 12.1 Å². The van der Waals surface area contributed by atoms with Gasteiger partial charge in [-0.1, -0.05) is 29.4 Å². The summed E-state index contributed by atoms with van der Waals surface area (Å²) in [5.41, 5.74) is 2.82. The molecule has 0 aliphatic heterocycles. The molecule has 134 valence electrons. The maximum Gasteiger partial charge on any atom is 0.471 e. The summed E-state index contributed by atoms with van der Waals surface area (Å²) in [7, 11) is 0. The van der Waals surface area contributed by atoms with Crippen LogP contribution in [0.5, 0.6) is 0 Å². The highest BCUT2D eigenvalue weighted by Gasteiger charge is 2.38. The molecule has 0 saturated heterocycles. The van der Waals surface area contributed by atoms with Crippen molar-refractivity contribution in [3.8, 4) is 11.4 Å². The van der Waals surface area contributed by atoms with Crippen LogP contribution in [0.2, 0.25) is 0 Å². The second kappa shape index (κ2) is 6.08. The second-order valence-corrected chi connectivity index (χ2v) is 6.07. The highest BCUT2D eigenvalue weighted by Crippen LogP contribution is 2.29. The van der Waals surface area contributed by atoms with Crippen LogP contribution in [-0.2, 0) is 25.6 Å². The van der Waals surface area contributed by atoms with Gasteiger partial charge in [0.1, 0.15) is 0 Å². The molecule has 0 radical (unpaired) electrons. The first kappa shape index (κ1) is 16.5. The van der Waals surface area contributed by atoms with Crippen LogP contribution in [-0.4, -0.2) is 19.7 Å². The standard InChI is InChI=1S/C17H13F3N4O2/c18-17(19,20)16-22-14(23-26-16)11-6-4-10(5-7-11)8-24-9-21-13-3-1-2-12(13)15(24)25/h4-7,9H,1-3,8H2. The Kier molecular flexibility index (Phi) is 3.86. The number of benzene rings is 1. The summed E-state index contributed by atoms with van der Waals surface area (Å²) in [5.74, 6) is -1.52. The SMILES string of the molecule is O=c1c2c(ncn1Cc1ccc(-c3noc(C(F)(F)F)n3)cc1)CCC2. The minimum Gasteiger partial charge on any atom is -0.329 e. The Morgan fingerprint density at radius 1 is 1.15 bits per heavy atom. The predicted molar refractivity (Wildman–Crippen MR) is 84.4 cm³/mol. The number of hydrogen-bond donors (Lipinski definition) is 0. The highest BCUT2D eigenvalue weighted by molar-refractivity contribution is 5.54. The van der Waals surface area contributed by atoms with E-state index in [-0.39, 0.29) is 11.4 Å². The average Bonchev–Trinajstić information content (AvgIpc) is 3.27. The normalized spacial score (nSPS) is 13.8. The first-order valence-corrected chi connectivity index (χ1v) is 7.99. The lowest BCUT2D eigenvalue weighted by molar-refractivity contribution is -0.159. The Balaban J connectivity index is 1.55. The van der Waals surface area contributed by atoms with Gasteiger partial charge < -0.3 is 4.52 Å². The Morgan fingerprint density at radius 3 is 2.62 bits per heavy atom. The van der Waals surface area contributed by atoms with Crippen molar-refractivity contribution in [3.63, 3.8) is 0 Å². The first-order valence-electron chi connectivity index (χ1n) is 7.99.